The van der Waals surface area contributed by atoms with E-state index in [9.17, 15) is 38.9 Å². The van der Waals surface area contributed by atoms with E-state index >= 15 is 23.5 Å². The minimum atomic E-state index is -6.20. The molecule has 6 saturated heterocycles. The van der Waals surface area contributed by atoms with Gasteiger partial charge in [0.1, 0.15) is 152 Å². The van der Waals surface area contributed by atoms with Crippen molar-refractivity contribution in [1.29, 1.82) is 0 Å². The number of nitrogen functional groups attached to an aromatic ring is 5. The number of imidazole rings is 2. The Balaban J connectivity index is 0.752. The van der Waals surface area contributed by atoms with Crippen LogP contribution in [-0.4, -0.2) is 321 Å². The number of rotatable bonds is 51. The summed E-state index contributed by atoms with van der Waals surface area (Å²) >= 11 is 16.7. The highest BCUT2D eigenvalue weighted by Gasteiger charge is 2.57. The molecule has 8 aromatic rings. The third-order valence-corrected chi connectivity index (χ3v) is 29.7. The van der Waals surface area contributed by atoms with Gasteiger partial charge in [-0.15, -0.1) is 0 Å². The number of nitrogens with two attached hydrogens (primary N) is 5. The molecule has 0 saturated carbocycles. The number of nitrogens with zero attached hydrogens (tertiary/aromatic N) is 15. The first kappa shape index (κ1) is 111. The van der Waals surface area contributed by atoms with Gasteiger partial charge in [-0.1, -0.05) is 23.6 Å². The van der Waals surface area contributed by atoms with Crippen molar-refractivity contribution >= 4 is 123 Å². The molecule has 68 heteroatoms. The van der Waals surface area contributed by atoms with Gasteiger partial charge in [0, 0.05) is 89.0 Å². The van der Waals surface area contributed by atoms with Crippen LogP contribution in [0.15, 0.2) is 74.1 Å². The van der Waals surface area contributed by atoms with Crippen molar-refractivity contribution in [2.45, 2.75) is 182 Å². The lowest BCUT2D eigenvalue weighted by Gasteiger charge is -2.36. The standard InChI is InChI=1S/C75H110N21O39P5S3/c1-35-22-91(72(99)87-59(35)76)67-54(115-16-11-110-6)49(97)41(126-67)26-122-139(108,142)135-53-45(129-70(57(53)118-19-14-113-9)94-25-38(4)66(98)90-75(94)102)30-124-140(109,143)134-52-43(130-71(58(52)119-20-15-114-10)96-34-86-48-63(80)82-32-84-65(48)96)28-121-137(105,106)132-50-42(127-68(55(50)116-17-12-111-7)92-23-36(2)60(77)88-73(92)100)27-120-136(103,104)133-51-44(128-69(56(51)117-18-13-112-8)93-24-37(3)61(78)89-74(93)101)29-123-138(107,141)131-40-21-46(125-39(40)5)95-33-85-47-62(79)81-31-83-64(47)95/h22-25,31-34,39-46,49-58,67-71,97H,11-21,26-30H2,1-10H3,(H,103,104)(H,105,106)(H,107,141)(H,108,142)(H,109,143)(H2,76,87,99)(H2,77,88,100)(H2,78,89,101)(H2,79,81,83)(H2,80,82,84)(H,90,98,102)/p-5/t39-,40?,41-,42-,43-,44-,45-,46-,49?,50?,51?,52?,53?,54+,55+,56+,57+,58+,67-,68-,69-,70-,71-,138?,139?,140?/m1/s1. The number of nitrogens with one attached hydrogen (secondary N) is 1. The molecule has 6 fully saturated rings. The molecule has 6 aliphatic rings. The summed E-state index contributed by atoms with van der Waals surface area (Å²) in [6, 6.07) is 0. The van der Waals surface area contributed by atoms with E-state index in [2.05, 4.69) is 49.8 Å². The van der Waals surface area contributed by atoms with Crippen molar-refractivity contribution in [3.05, 3.63) is 125 Å². The highest BCUT2D eigenvalue weighted by molar-refractivity contribution is 8.32. The largest absolute Gasteiger partial charge is 0.780 e. The zero-order chi connectivity index (χ0) is 103. The lowest BCUT2D eigenvalue weighted by atomic mass is 10.1. The van der Waals surface area contributed by atoms with Crippen LogP contribution in [-0.2, 0) is 171 Å². The number of hydrogen-bond donors (Lipinski definition) is 7. The number of aliphatic hydroxyl groups is 1. The average molecular weight is 2180 g/mol. The molecule has 0 spiro atoms. The van der Waals surface area contributed by atoms with Crippen LogP contribution in [0.2, 0.25) is 0 Å². The third kappa shape index (κ3) is 26.5. The maximum atomic E-state index is 15.6. The van der Waals surface area contributed by atoms with Crippen molar-refractivity contribution in [3.8, 4) is 0 Å². The van der Waals surface area contributed by atoms with E-state index in [0.29, 0.717) is 11.2 Å². The number of aliphatic hydroxyl groups excluding tert-OH is 1. The molecular weight excluding hydrogens is 2070 g/mol. The molecule has 14 heterocycles. The topological polar surface area (TPSA) is 780 Å². The van der Waals surface area contributed by atoms with Gasteiger partial charge in [0.05, 0.1) is 124 Å². The van der Waals surface area contributed by atoms with Crippen LogP contribution in [0.3, 0.4) is 0 Å². The van der Waals surface area contributed by atoms with E-state index in [-0.39, 0.29) is 128 Å². The van der Waals surface area contributed by atoms with Crippen LogP contribution in [0.1, 0.15) is 73.0 Å². The van der Waals surface area contributed by atoms with E-state index in [1.165, 1.54) is 92.3 Å². The fourth-order valence-electron chi connectivity index (χ4n) is 16.1. The molecule has 28 atom stereocenters. The van der Waals surface area contributed by atoms with Gasteiger partial charge in [0.15, 0.2) is 60.9 Å². The van der Waals surface area contributed by atoms with Gasteiger partial charge < -0.3 is 187 Å². The normalized spacial score (nSPS) is 29.4. The van der Waals surface area contributed by atoms with Gasteiger partial charge in [-0.2, -0.15) is 15.0 Å². The molecular formula is C75H105N21O39P5S3-5. The Labute approximate surface area is 825 Å². The first-order valence-electron chi connectivity index (χ1n) is 43.5. The zero-order valence-corrected chi connectivity index (χ0v) is 84.6. The lowest BCUT2D eigenvalue weighted by molar-refractivity contribution is -0.241. The Kier molecular flexibility index (Phi) is 37.3. The first-order valence-corrected chi connectivity index (χ1v) is 54.1. The minimum absolute atomic E-state index is 0.00660. The van der Waals surface area contributed by atoms with Crippen LogP contribution >= 0.6 is 35.9 Å². The molecule has 143 heavy (non-hydrogen) atoms. The van der Waals surface area contributed by atoms with Crippen molar-refractivity contribution in [1.82, 2.24) is 77.2 Å². The number of H-pyrrole nitrogens is 1. The number of methoxy groups -OCH3 is 5. The summed E-state index contributed by atoms with van der Waals surface area (Å²) in [6.45, 7) is -15.6. The molecule has 11 unspecified atom stereocenters. The van der Waals surface area contributed by atoms with Gasteiger partial charge >= 0.3 is 22.8 Å². The molecule has 12 N–H and O–H groups in total. The molecule has 0 aromatic carbocycles. The molecule has 8 aromatic heterocycles. The summed E-state index contributed by atoms with van der Waals surface area (Å²) in [6.07, 6.45) is -28.6. The smallest absolute Gasteiger partial charge is 0.351 e. The third-order valence-electron chi connectivity index (χ3n) is 23.1. The average Bonchev–Trinajstić information content (AvgIpc) is 1.61. The van der Waals surface area contributed by atoms with Crippen molar-refractivity contribution in [3.63, 3.8) is 0 Å². The summed E-state index contributed by atoms with van der Waals surface area (Å²) in [4.78, 5) is 167. The van der Waals surface area contributed by atoms with Gasteiger partial charge in [-0.05, 0) is 34.6 Å². The minimum Gasteiger partial charge on any atom is -0.780 e. The van der Waals surface area contributed by atoms with Crippen molar-refractivity contribution < 1.29 is 159 Å². The van der Waals surface area contributed by atoms with Crippen molar-refractivity contribution in [2.75, 3.05) is 163 Å². The second-order valence-electron chi connectivity index (χ2n) is 32.8. The summed E-state index contributed by atoms with van der Waals surface area (Å²) in [5, 5.41) is 11.8. The quantitative estimate of drug-likeness (QED) is 0.0109. The number of phosphoric ester groups is 2. The summed E-state index contributed by atoms with van der Waals surface area (Å²) in [7, 11) is -5.68. The number of aromatic nitrogens is 16. The number of fused-ring (bicyclic) bond motifs is 2. The number of hydrogen-bond acceptors (Lipinski definition) is 56. The summed E-state index contributed by atoms with van der Waals surface area (Å²) < 4.78 is 207. The van der Waals surface area contributed by atoms with Crippen LogP contribution < -0.4 is 76.6 Å². The number of ether oxygens (including phenoxy) is 16. The predicted octanol–water partition coefficient (Wildman–Crippen LogP) is -3.78. The van der Waals surface area contributed by atoms with Gasteiger partial charge in [-0.3, -0.25) is 50.9 Å². The molecule has 6 aliphatic heterocycles. The molecule has 0 aliphatic carbocycles. The Hall–Kier alpha value is -7.48. The monoisotopic (exact) mass is 2170 g/mol. The van der Waals surface area contributed by atoms with Crippen LogP contribution in [0.25, 0.3) is 22.3 Å². The van der Waals surface area contributed by atoms with E-state index in [0.717, 1.165) is 37.0 Å². The highest BCUT2D eigenvalue weighted by Crippen LogP contribution is 2.57. The zero-order valence-electron chi connectivity index (χ0n) is 77.7. The lowest BCUT2D eigenvalue weighted by Crippen LogP contribution is -2.42. The predicted molar refractivity (Wildman–Crippen MR) is 489 cm³/mol. The fraction of sp³-hybridized carbons (Fsp3) is 0.653. The first-order chi connectivity index (χ1) is 67.9. The molecule has 60 nitrogen and oxygen atoms in total. The van der Waals surface area contributed by atoms with Crippen LogP contribution in [0, 0.1) is 27.7 Å². The maximum Gasteiger partial charge on any atom is 0.351 e. The second-order valence-corrected chi connectivity index (χ2v) is 43.6. The van der Waals surface area contributed by atoms with Crippen LogP contribution in [0.5, 0.6) is 0 Å². The van der Waals surface area contributed by atoms with E-state index in [1.54, 1.807) is 18.4 Å². The Morgan fingerprint density at radius 2 is 0.762 bits per heavy atom. The molecule has 0 amide bonds. The fourth-order valence-corrected chi connectivity index (χ4v) is 22.3. The Bertz CT molecular complexity index is 6340. The van der Waals surface area contributed by atoms with Crippen molar-refractivity contribution in [2.24, 2.45) is 0 Å². The molecule has 14 rings (SSSR count). The second kappa shape index (κ2) is 48.0. The molecule has 0 radical (unpaired) electrons. The maximum absolute atomic E-state index is 15.6. The molecule has 792 valence electrons. The number of aromatic amines is 1. The highest BCUT2D eigenvalue weighted by atomic mass is 32.7. The molecule has 0 bridgehead atoms. The number of aryl methyl sites for hydroxylation is 4. The van der Waals surface area contributed by atoms with Gasteiger partial charge in [0.25, 0.3) is 21.2 Å². The van der Waals surface area contributed by atoms with Crippen LogP contribution in [0.4, 0.5) is 29.1 Å². The van der Waals surface area contributed by atoms with E-state index in [4.69, 9.17) is 186 Å². The van der Waals surface area contributed by atoms with Gasteiger partial charge in [-0.25, -0.2) is 49.1 Å². The number of phosphoric acid groups is 2. The SMILES string of the molecule is COCCO[C@H]1C(O)[C@@H](COP([O-])(=S)OC2[C@@H](COP(=O)([S-])OC3[C@@H](COP(=O)([O-])OC4[C@@H](COP(=O)([O-])OC5[C@@H](COP([O-])(=S)OC6C[C@H](n7cnc8c(N)ncnc87)O[C@@H]6C)O[C@@H](n6cc(C)c(N)nc6=O)[C@H]5OCCOC)O[C@@H](n5cc(C)c(N)nc5=O)[C@H]4OCCOC)O[C@@H](n4cnc5c(N)ncnc54)[C@H]3OCCOC)O[C@@H](n3cc(C)c(=O)[nH]c3=O)[C@H]2OCCOC)O[C@H]1n1cc(C)c(N)nc1=O. The number of anilines is 5. The summed E-state index contributed by atoms with van der Waals surface area (Å²) in [5.41, 5.74) is 26.6. The Morgan fingerprint density at radius 1 is 0.420 bits per heavy atom. The summed E-state index contributed by atoms with van der Waals surface area (Å²) in [5.74, 6) is -0.609. The van der Waals surface area contributed by atoms with E-state index in [1.807, 2.05) is 0 Å². The van der Waals surface area contributed by atoms with E-state index < -0.39 is 245 Å². The Morgan fingerprint density at radius 3 is 1.20 bits per heavy atom. The van der Waals surface area contributed by atoms with Gasteiger partial charge in [0.2, 0.25) is 0 Å².